The summed E-state index contributed by atoms with van der Waals surface area (Å²) >= 11 is 4.94. The van der Waals surface area contributed by atoms with Gasteiger partial charge in [-0.25, -0.2) is 19.6 Å². The highest BCUT2D eigenvalue weighted by molar-refractivity contribution is 9.10. The van der Waals surface area contributed by atoms with Gasteiger partial charge in [-0.1, -0.05) is 39.8 Å². The molecule has 2 aromatic rings. The number of ether oxygens (including phenoxy) is 2. The minimum atomic E-state index is -0.820. The van der Waals surface area contributed by atoms with Gasteiger partial charge in [-0.05, 0) is 59.2 Å². The lowest BCUT2D eigenvalue weighted by atomic mass is 9.82. The van der Waals surface area contributed by atoms with Gasteiger partial charge in [0.15, 0.2) is 5.17 Å². The van der Waals surface area contributed by atoms with Crippen molar-refractivity contribution in [2.45, 2.75) is 58.3 Å². The predicted octanol–water partition coefficient (Wildman–Crippen LogP) is 5.85. The highest BCUT2D eigenvalue weighted by Gasteiger charge is 2.52. The van der Waals surface area contributed by atoms with Crippen LogP contribution in [0.5, 0.6) is 0 Å². The number of thioether (sulfide) groups is 1. The van der Waals surface area contributed by atoms with Gasteiger partial charge in [0.1, 0.15) is 22.6 Å². The molecule has 2 amide bonds. The fraction of sp³-hybridized carbons (Fsp3) is 0.500. The van der Waals surface area contributed by atoms with Crippen LogP contribution >= 0.6 is 27.7 Å². The third kappa shape index (κ3) is 6.26. The van der Waals surface area contributed by atoms with Crippen LogP contribution in [0.15, 0.2) is 52.3 Å². The largest absolute Gasteiger partial charge is 0.443 e. The minimum Gasteiger partial charge on any atom is -0.443 e. The van der Waals surface area contributed by atoms with Crippen molar-refractivity contribution in [3.63, 3.8) is 0 Å². The van der Waals surface area contributed by atoms with Crippen molar-refractivity contribution in [2.75, 3.05) is 23.7 Å². The zero-order chi connectivity index (χ0) is 27.0. The first-order chi connectivity index (χ1) is 17.3. The second-order valence-electron chi connectivity index (χ2n) is 11.1. The lowest BCUT2D eigenvalue weighted by Crippen LogP contribution is -2.49. The number of carbonyl (C=O) groups is 2. The van der Waals surface area contributed by atoms with E-state index in [0.29, 0.717) is 18.8 Å². The highest BCUT2D eigenvalue weighted by atomic mass is 79.9. The number of fused-ring (bicyclic) bond motifs is 1. The van der Waals surface area contributed by atoms with Crippen molar-refractivity contribution in [1.82, 2.24) is 14.9 Å². The molecule has 0 radical (unpaired) electrons. The Labute approximate surface area is 230 Å². The summed E-state index contributed by atoms with van der Waals surface area (Å²) in [7, 11) is 0. The van der Waals surface area contributed by atoms with Crippen LogP contribution in [0.4, 0.5) is 15.4 Å². The van der Waals surface area contributed by atoms with Crippen LogP contribution in [0.2, 0.25) is 0 Å². The molecule has 37 heavy (non-hydrogen) atoms. The molecule has 0 aliphatic carbocycles. The van der Waals surface area contributed by atoms with E-state index >= 15 is 0 Å². The summed E-state index contributed by atoms with van der Waals surface area (Å²) < 4.78 is 12.1. The molecular formula is C26H32BrN5O4S. The van der Waals surface area contributed by atoms with Gasteiger partial charge in [0, 0.05) is 41.6 Å². The number of halogens is 1. The van der Waals surface area contributed by atoms with E-state index < -0.39 is 28.9 Å². The number of hydrogen-bond acceptors (Lipinski definition) is 9. The van der Waals surface area contributed by atoms with Gasteiger partial charge in [-0.15, -0.1) is 0 Å². The van der Waals surface area contributed by atoms with Crippen molar-refractivity contribution in [3.05, 3.63) is 52.9 Å². The maximum absolute atomic E-state index is 13.3. The zero-order valence-corrected chi connectivity index (χ0v) is 24.3. The van der Waals surface area contributed by atoms with Crippen molar-refractivity contribution in [2.24, 2.45) is 10.9 Å². The fourth-order valence-electron chi connectivity index (χ4n) is 4.34. The summed E-state index contributed by atoms with van der Waals surface area (Å²) in [6, 6.07) is 7.99. The number of hydrogen-bond donors (Lipinski definition) is 0. The van der Waals surface area contributed by atoms with Crippen molar-refractivity contribution in [3.8, 4) is 0 Å². The maximum Gasteiger partial charge on any atom is 0.426 e. The third-order valence-electron chi connectivity index (χ3n) is 5.80. The van der Waals surface area contributed by atoms with Crippen molar-refractivity contribution < 1.29 is 19.1 Å². The normalized spacial score (nSPS) is 21.6. The molecule has 11 heteroatoms. The summed E-state index contributed by atoms with van der Waals surface area (Å²) in [5.41, 5.74) is -1.37. The molecule has 2 unspecified atom stereocenters. The summed E-state index contributed by atoms with van der Waals surface area (Å²) in [5, 5.41) is 0.251. The molecule has 1 saturated heterocycles. The van der Waals surface area contributed by atoms with E-state index in [1.807, 2.05) is 24.3 Å². The Kier molecular flexibility index (Phi) is 7.58. The first-order valence-corrected chi connectivity index (χ1v) is 13.8. The van der Waals surface area contributed by atoms with E-state index in [2.05, 4.69) is 30.8 Å². The lowest BCUT2D eigenvalue weighted by Gasteiger charge is -2.38. The van der Waals surface area contributed by atoms with Gasteiger partial charge >= 0.3 is 12.2 Å². The van der Waals surface area contributed by atoms with Gasteiger partial charge in [0.05, 0.1) is 6.20 Å². The van der Waals surface area contributed by atoms with E-state index in [9.17, 15) is 9.59 Å². The summed E-state index contributed by atoms with van der Waals surface area (Å²) in [6.45, 7) is 11.7. The summed E-state index contributed by atoms with van der Waals surface area (Å²) in [6.07, 6.45) is 3.40. The van der Waals surface area contributed by atoms with Crippen molar-refractivity contribution >= 4 is 50.9 Å². The van der Waals surface area contributed by atoms with Crippen LogP contribution in [0, 0.1) is 5.92 Å². The van der Waals surface area contributed by atoms with E-state index in [4.69, 9.17) is 14.5 Å². The molecule has 3 heterocycles. The number of nitrogens with zero attached hydrogens (tertiary/aromatic N) is 5. The Morgan fingerprint density at radius 3 is 2.35 bits per heavy atom. The molecule has 4 rings (SSSR count). The molecule has 0 saturated carbocycles. The van der Waals surface area contributed by atoms with Crippen LogP contribution in [-0.2, 0) is 15.0 Å². The molecule has 1 fully saturated rings. The molecule has 9 nitrogen and oxygen atoms in total. The van der Waals surface area contributed by atoms with Gasteiger partial charge in [-0.3, -0.25) is 4.98 Å². The van der Waals surface area contributed by atoms with Crippen molar-refractivity contribution in [1.29, 1.82) is 0 Å². The SMILES string of the molecule is CC(C)(C)OC(=O)N(C(=O)OC(C)(C)C)C1=NC2(c3cccc(Br)c3)CN(c3cnccn3)CC2CS1. The van der Waals surface area contributed by atoms with Crippen LogP contribution in [0.3, 0.4) is 0 Å². The van der Waals surface area contributed by atoms with Gasteiger partial charge in [0.2, 0.25) is 0 Å². The molecule has 198 valence electrons. The molecule has 0 bridgehead atoms. The number of rotatable bonds is 2. The Bertz CT molecular complexity index is 1170. The standard InChI is InChI=1S/C26H32BrN5O4S/c1-24(2,3)35-22(33)32(23(34)36-25(4,5)6)21-30-26(17-8-7-9-19(27)12-17)16-31(14-18(26)15-37-21)20-13-28-10-11-29-20/h7-13,18H,14-16H2,1-6H3. The van der Waals surface area contributed by atoms with Crippen LogP contribution in [-0.4, -0.2) is 62.3 Å². The quantitative estimate of drug-likeness (QED) is 0.430. The lowest BCUT2D eigenvalue weighted by molar-refractivity contribution is 0.0151. The Morgan fingerprint density at radius 2 is 1.78 bits per heavy atom. The third-order valence-corrected chi connectivity index (χ3v) is 7.39. The summed E-state index contributed by atoms with van der Waals surface area (Å²) in [4.78, 5) is 43.6. The number of aliphatic imine (C=N–C) groups is 1. The van der Waals surface area contributed by atoms with E-state index in [-0.39, 0.29) is 11.1 Å². The second-order valence-corrected chi connectivity index (χ2v) is 13.0. The number of benzene rings is 1. The Morgan fingerprint density at radius 1 is 1.11 bits per heavy atom. The monoisotopic (exact) mass is 589 g/mol. The molecule has 2 aliphatic heterocycles. The van der Waals surface area contributed by atoms with Gasteiger partial charge < -0.3 is 14.4 Å². The number of amidine groups is 1. The highest BCUT2D eigenvalue weighted by Crippen LogP contribution is 2.47. The molecular weight excluding hydrogens is 558 g/mol. The smallest absolute Gasteiger partial charge is 0.426 e. The predicted molar refractivity (Wildman–Crippen MR) is 148 cm³/mol. The number of carbonyl (C=O) groups excluding carboxylic acids is 2. The van der Waals surface area contributed by atoms with Crippen LogP contribution in [0.25, 0.3) is 0 Å². The number of amides is 2. The van der Waals surface area contributed by atoms with E-state index in [1.165, 1.54) is 11.8 Å². The Hall–Kier alpha value is -2.66. The second kappa shape index (κ2) is 10.2. The first-order valence-electron chi connectivity index (χ1n) is 12.0. The first kappa shape index (κ1) is 27.4. The molecule has 2 atom stereocenters. The van der Waals surface area contributed by atoms with Gasteiger partial charge in [-0.2, -0.15) is 4.90 Å². The molecule has 2 aliphatic rings. The minimum absolute atomic E-state index is 0.0941. The Balaban J connectivity index is 1.81. The molecule has 1 aromatic heterocycles. The van der Waals surface area contributed by atoms with E-state index in [0.717, 1.165) is 20.8 Å². The molecule has 0 spiro atoms. The average Bonchev–Trinajstić information content (AvgIpc) is 3.18. The maximum atomic E-state index is 13.3. The number of aromatic nitrogens is 2. The molecule has 1 aromatic carbocycles. The molecule has 0 N–H and O–H groups in total. The average molecular weight is 591 g/mol. The fourth-order valence-corrected chi connectivity index (χ4v) is 5.97. The van der Waals surface area contributed by atoms with Crippen LogP contribution in [0.1, 0.15) is 47.1 Å². The summed E-state index contributed by atoms with van der Waals surface area (Å²) in [5.74, 6) is 1.48. The topological polar surface area (TPSA) is 97.2 Å². The van der Waals surface area contributed by atoms with E-state index in [1.54, 1.807) is 60.1 Å². The number of imide groups is 1. The van der Waals surface area contributed by atoms with Crippen LogP contribution < -0.4 is 4.90 Å². The zero-order valence-electron chi connectivity index (χ0n) is 21.9. The van der Waals surface area contributed by atoms with Gasteiger partial charge in [0.25, 0.3) is 0 Å². The number of anilines is 1.